The first-order valence-electron chi connectivity index (χ1n) is 5.73. The van der Waals surface area contributed by atoms with Crippen molar-refractivity contribution < 1.29 is 5.11 Å². The maximum Gasteiger partial charge on any atom is 0.0687 e. The number of benzene rings is 2. The third kappa shape index (κ3) is 2.59. The molecule has 0 aliphatic heterocycles. The van der Waals surface area contributed by atoms with Crippen LogP contribution in [0.25, 0.3) is 11.1 Å². The van der Waals surface area contributed by atoms with E-state index in [0.29, 0.717) is 0 Å². The Labute approximate surface area is 110 Å². The van der Waals surface area contributed by atoms with E-state index in [4.69, 9.17) is 0 Å². The van der Waals surface area contributed by atoms with Crippen LogP contribution in [0, 0.1) is 0 Å². The molecule has 1 nitrogen and oxygen atoms in total. The van der Waals surface area contributed by atoms with Crippen molar-refractivity contribution in [1.29, 1.82) is 0 Å². The molecule has 0 aliphatic rings. The summed E-state index contributed by atoms with van der Waals surface area (Å²) in [5, 5.41) is 9.39. The summed E-state index contributed by atoms with van der Waals surface area (Å²) in [6.45, 7) is 2.22. The Morgan fingerprint density at radius 2 is 1.71 bits per heavy atom. The van der Waals surface area contributed by atoms with Gasteiger partial charge in [-0.3, -0.25) is 0 Å². The van der Waals surface area contributed by atoms with E-state index in [-0.39, 0.29) is 6.61 Å². The van der Waals surface area contributed by atoms with Crippen LogP contribution in [0.1, 0.15) is 18.1 Å². The highest BCUT2D eigenvalue weighted by Crippen LogP contribution is 2.29. The van der Waals surface area contributed by atoms with Crippen molar-refractivity contribution in [2.45, 2.75) is 20.0 Å². The summed E-state index contributed by atoms with van der Waals surface area (Å²) in [5.74, 6) is 0. The number of aryl methyl sites for hydroxylation is 1. The second-order valence-electron chi connectivity index (χ2n) is 3.97. The van der Waals surface area contributed by atoms with Gasteiger partial charge in [0.15, 0.2) is 0 Å². The van der Waals surface area contributed by atoms with Crippen LogP contribution in [-0.2, 0) is 13.0 Å². The van der Waals surface area contributed by atoms with Crippen molar-refractivity contribution in [1.82, 2.24) is 0 Å². The average molecular weight is 291 g/mol. The minimum Gasteiger partial charge on any atom is -0.392 e. The number of hydrogen-bond donors (Lipinski definition) is 1. The smallest absolute Gasteiger partial charge is 0.0687 e. The fraction of sp³-hybridized carbons (Fsp3) is 0.200. The Morgan fingerprint density at radius 1 is 1.00 bits per heavy atom. The van der Waals surface area contributed by atoms with Crippen LogP contribution < -0.4 is 0 Å². The SMILES string of the molecule is CCc1cc(Br)ccc1-c1ccccc1CO. The van der Waals surface area contributed by atoms with E-state index in [0.717, 1.165) is 22.0 Å². The molecule has 0 saturated carbocycles. The van der Waals surface area contributed by atoms with Crippen LogP contribution in [0.3, 0.4) is 0 Å². The van der Waals surface area contributed by atoms with Gasteiger partial charge in [0.25, 0.3) is 0 Å². The predicted octanol–water partition coefficient (Wildman–Crippen LogP) is 4.17. The molecule has 17 heavy (non-hydrogen) atoms. The van der Waals surface area contributed by atoms with Crippen LogP contribution in [-0.4, -0.2) is 5.11 Å². The van der Waals surface area contributed by atoms with Gasteiger partial charge in [0.1, 0.15) is 0 Å². The number of aliphatic hydroxyl groups excluding tert-OH is 1. The highest BCUT2D eigenvalue weighted by atomic mass is 79.9. The molecular weight excluding hydrogens is 276 g/mol. The molecule has 2 heteroatoms. The van der Waals surface area contributed by atoms with Gasteiger partial charge in [-0.1, -0.05) is 53.2 Å². The Bertz CT molecular complexity index is 520. The Kier molecular flexibility index (Phi) is 3.97. The molecule has 2 aromatic carbocycles. The molecular formula is C15H15BrO. The third-order valence-corrected chi connectivity index (χ3v) is 3.42. The maximum absolute atomic E-state index is 9.39. The summed E-state index contributed by atoms with van der Waals surface area (Å²) in [4.78, 5) is 0. The van der Waals surface area contributed by atoms with Crippen molar-refractivity contribution in [3.63, 3.8) is 0 Å². The lowest BCUT2D eigenvalue weighted by molar-refractivity contribution is 0.282. The minimum absolute atomic E-state index is 0.0788. The van der Waals surface area contributed by atoms with Crippen LogP contribution in [0.4, 0.5) is 0 Å². The monoisotopic (exact) mass is 290 g/mol. The zero-order valence-corrected chi connectivity index (χ0v) is 11.4. The fourth-order valence-corrected chi connectivity index (χ4v) is 2.45. The number of halogens is 1. The molecule has 0 spiro atoms. The Morgan fingerprint density at radius 3 is 2.41 bits per heavy atom. The zero-order chi connectivity index (χ0) is 12.3. The number of rotatable bonds is 3. The molecule has 0 heterocycles. The molecule has 1 N–H and O–H groups in total. The predicted molar refractivity (Wildman–Crippen MR) is 74.9 cm³/mol. The van der Waals surface area contributed by atoms with Gasteiger partial charge < -0.3 is 5.11 Å². The summed E-state index contributed by atoms with van der Waals surface area (Å²) < 4.78 is 1.10. The summed E-state index contributed by atoms with van der Waals surface area (Å²) >= 11 is 3.50. The first kappa shape index (κ1) is 12.3. The van der Waals surface area contributed by atoms with E-state index in [1.165, 1.54) is 11.1 Å². The molecule has 0 aromatic heterocycles. The quantitative estimate of drug-likeness (QED) is 0.899. The highest BCUT2D eigenvalue weighted by Gasteiger charge is 2.08. The van der Waals surface area contributed by atoms with E-state index < -0.39 is 0 Å². The molecule has 0 bridgehead atoms. The van der Waals surface area contributed by atoms with E-state index in [1.807, 2.05) is 24.3 Å². The summed E-state index contributed by atoms with van der Waals surface area (Å²) in [6.07, 6.45) is 0.981. The summed E-state index contributed by atoms with van der Waals surface area (Å²) in [6, 6.07) is 14.3. The molecule has 0 fully saturated rings. The topological polar surface area (TPSA) is 20.2 Å². The van der Waals surface area contributed by atoms with E-state index in [9.17, 15) is 5.11 Å². The normalized spacial score (nSPS) is 10.5. The van der Waals surface area contributed by atoms with Crippen LogP contribution >= 0.6 is 15.9 Å². The zero-order valence-electron chi connectivity index (χ0n) is 9.78. The van der Waals surface area contributed by atoms with Gasteiger partial charge in [0, 0.05) is 4.47 Å². The first-order chi connectivity index (χ1) is 8.26. The molecule has 88 valence electrons. The molecule has 2 aromatic rings. The van der Waals surface area contributed by atoms with Gasteiger partial charge >= 0.3 is 0 Å². The summed E-state index contributed by atoms with van der Waals surface area (Å²) in [5.41, 5.74) is 4.60. The lowest BCUT2D eigenvalue weighted by Gasteiger charge is -2.12. The highest BCUT2D eigenvalue weighted by molar-refractivity contribution is 9.10. The van der Waals surface area contributed by atoms with Gasteiger partial charge in [0.2, 0.25) is 0 Å². The largest absolute Gasteiger partial charge is 0.392 e. The molecule has 0 aliphatic carbocycles. The van der Waals surface area contributed by atoms with Gasteiger partial charge in [-0.15, -0.1) is 0 Å². The molecule has 2 rings (SSSR count). The molecule has 0 unspecified atom stereocenters. The van der Waals surface area contributed by atoms with Crippen LogP contribution in [0.2, 0.25) is 0 Å². The van der Waals surface area contributed by atoms with Crippen LogP contribution in [0.5, 0.6) is 0 Å². The van der Waals surface area contributed by atoms with E-state index >= 15 is 0 Å². The van der Waals surface area contributed by atoms with Gasteiger partial charge in [-0.25, -0.2) is 0 Å². The van der Waals surface area contributed by atoms with Crippen molar-refractivity contribution in [3.8, 4) is 11.1 Å². The number of aliphatic hydroxyl groups is 1. The minimum atomic E-state index is 0.0788. The molecule has 0 atom stereocenters. The van der Waals surface area contributed by atoms with Crippen molar-refractivity contribution >= 4 is 15.9 Å². The lowest BCUT2D eigenvalue weighted by atomic mass is 9.94. The Balaban J connectivity index is 2.59. The Hall–Kier alpha value is -1.12. The third-order valence-electron chi connectivity index (χ3n) is 2.93. The second kappa shape index (κ2) is 5.48. The average Bonchev–Trinajstić information content (AvgIpc) is 2.38. The van der Waals surface area contributed by atoms with Crippen LogP contribution in [0.15, 0.2) is 46.9 Å². The molecule has 0 saturated heterocycles. The van der Waals surface area contributed by atoms with E-state index in [1.54, 1.807) is 0 Å². The van der Waals surface area contributed by atoms with Gasteiger partial charge in [-0.2, -0.15) is 0 Å². The van der Waals surface area contributed by atoms with Crippen molar-refractivity contribution in [3.05, 3.63) is 58.1 Å². The second-order valence-corrected chi connectivity index (χ2v) is 4.89. The summed E-state index contributed by atoms with van der Waals surface area (Å²) in [7, 11) is 0. The maximum atomic E-state index is 9.39. The van der Waals surface area contributed by atoms with Gasteiger partial charge in [0.05, 0.1) is 6.61 Å². The fourth-order valence-electron chi connectivity index (χ4n) is 2.04. The van der Waals surface area contributed by atoms with Crippen molar-refractivity contribution in [2.24, 2.45) is 0 Å². The first-order valence-corrected chi connectivity index (χ1v) is 6.53. The lowest BCUT2D eigenvalue weighted by Crippen LogP contribution is -1.93. The number of hydrogen-bond acceptors (Lipinski definition) is 1. The standard InChI is InChI=1S/C15H15BrO/c1-2-11-9-13(16)7-8-15(11)14-6-4-3-5-12(14)10-17/h3-9,17H,2,10H2,1H3. The molecule has 0 amide bonds. The molecule has 0 radical (unpaired) electrons. The van der Waals surface area contributed by atoms with Crippen molar-refractivity contribution in [2.75, 3.05) is 0 Å². The van der Waals surface area contributed by atoms with Gasteiger partial charge in [-0.05, 0) is 40.8 Å². The van der Waals surface area contributed by atoms with E-state index in [2.05, 4.69) is 41.1 Å².